The van der Waals surface area contributed by atoms with Crippen molar-refractivity contribution in [3.8, 4) is 0 Å². The van der Waals surface area contributed by atoms with Crippen molar-refractivity contribution in [2.45, 2.75) is 0 Å². The highest BCUT2D eigenvalue weighted by Crippen LogP contribution is 2.22. The number of halogens is 1. The molecule has 18 heavy (non-hydrogen) atoms. The molecule has 0 aliphatic heterocycles. The van der Waals surface area contributed by atoms with E-state index in [0.29, 0.717) is 16.8 Å². The third-order valence-corrected chi connectivity index (χ3v) is 3.99. The van der Waals surface area contributed by atoms with E-state index in [1.807, 2.05) is 12.1 Å². The van der Waals surface area contributed by atoms with Gasteiger partial charge in [-0.15, -0.1) is 11.3 Å². The predicted molar refractivity (Wildman–Crippen MR) is 82.3 cm³/mol. The number of carbonyl (C=O) groups is 1. The molecule has 0 atom stereocenters. The number of carbonyl (C=O) groups excluding carboxylic acids is 1. The zero-order valence-electron chi connectivity index (χ0n) is 9.14. The average Bonchev–Trinajstić information content (AvgIpc) is 2.76. The topological polar surface area (TPSA) is 55.1 Å². The molecule has 2 rings (SSSR count). The lowest BCUT2D eigenvalue weighted by molar-refractivity contribution is 0.102. The summed E-state index contributed by atoms with van der Waals surface area (Å²) in [5.41, 5.74) is 7.49. The Bertz CT molecular complexity index is 610. The van der Waals surface area contributed by atoms with Crippen molar-refractivity contribution in [1.82, 2.24) is 0 Å². The molecule has 3 nitrogen and oxygen atoms in total. The van der Waals surface area contributed by atoms with Gasteiger partial charge in [0.05, 0.1) is 15.0 Å². The molecular formula is C12H9BrN2OS2. The van der Waals surface area contributed by atoms with E-state index < -0.39 is 0 Å². The maximum Gasteiger partial charge on any atom is 0.256 e. The molecule has 1 aromatic carbocycles. The Morgan fingerprint density at radius 3 is 2.72 bits per heavy atom. The second-order valence-electron chi connectivity index (χ2n) is 3.50. The number of amides is 1. The Hall–Kier alpha value is -1.24. The predicted octanol–water partition coefficient (Wildman–Crippen LogP) is 3.40. The zero-order valence-corrected chi connectivity index (χ0v) is 12.4. The molecule has 0 bridgehead atoms. The molecule has 0 spiro atoms. The fraction of sp³-hybridized carbons (Fsp3) is 0. The first-order valence-corrected chi connectivity index (χ1v) is 7.10. The summed E-state index contributed by atoms with van der Waals surface area (Å²) in [5, 5.41) is 4.58. The van der Waals surface area contributed by atoms with Crippen molar-refractivity contribution in [1.29, 1.82) is 0 Å². The van der Waals surface area contributed by atoms with Crippen molar-refractivity contribution >= 4 is 56.1 Å². The van der Waals surface area contributed by atoms with Crippen molar-refractivity contribution in [2.75, 3.05) is 5.32 Å². The van der Waals surface area contributed by atoms with Gasteiger partial charge in [-0.2, -0.15) is 0 Å². The number of rotatable bonds is 3. The zero-order chi connectivity index (χ0) is 13.1. The van der Waals surface area contributed by atoms with Crippen LogP contribution in [0.3, 0.4) is 0 Å². The number of benzene rings is 1. The van der Waals surface area contributed by atoms with Gasteiger partial charge in [0.25, 0.3) is 5.91 Å². The Morgan fingerprint density at radius 1 is 1.39 bits per heavy atom. The first-order valence-electron chi connectivity index (χ1n) is 5.02. The van der Waals surface area contributed by atoms with Crippen LogP contribution in [0.25, 0.3) is 0 Å². The van der Waals surface area contributed by atoms with E-state index in [1.54, 1.807) is 23.6 Å². The molecule has 0 unspecified atom stereocenters. The highest BCUT2D eigenvalue weighted by atomic mass is 79.9. The lowest BCUT2D eigenvalue weighted by atomic mass is 10.1. The van der Waals surface area contributed by atoms with E-state index in [2.05, 4.69) is 21.2 Å². The Morgan fingerprint density at radius 2 is 2.11 bits per heavy atom. The Labute approximate surface area is 122 Å². The van der Waals surface area contributed by atoms with Gasteiger partial charge in [-0.3, -0.25) is 4.79 Å². The molecule has 1 heterocycles. The largest absolute Gasteiger partial charge is 0.389 e. The molecule has 0 radical (unpaired) electrons. The third kappa shape index (κ3) is 2.95. The molecule has 0 aliphatic carbocycles. The summed E-state index contributed by atoms with van der Waals surface area (Å²) in [5.74, 6) is -0.180. The summed E-state index contributed by atoms with van der Waals surface area (Å²) >= 11 is 9.72. The minimum Gasteiger partial charge on any atom is -0.389 e. The SMILES string of the molecule is NC(=S)c1ccccc1NC(=O)c1csc(Br)c1. The number of thiophene rings is 1. The van der Waals surface area contributed by atoms with E-state index in [0.717, 1.165) is 3.79 Å². The molecule has 1 amide bonds. The second kappa shape index (κ2) is 5.60. The average molecular weight is 341 g/mol. The fourth-order valence-corrected chi connectivity index (χ4v) is 2.75. The molecule has 6 heteroatoms. The standard InChI is InChI=1S/C12H9BrN2OS2/c13-10-5-7(6-18-10)12(16)15-9-4-2-1-3-8(9)11(14)17/h1-6H,(H2,14,17)(H,15,16). The van der Waals surface area contributed by atoms with Gasteiger partial charge in [-0.05, 0) is 34.1 Å². The highest BCUT2D eigenvalue weighted by molar-refractivity contribution is 9.11. The van der Waals surface area contributed by atoms with Crippen LogP contribution >= 0.6 is 39.5 Å². The number of hydrogen-bond donors (Lipinski definition) is 2. The van der Waals surface area contributed by atoms with Crippen LogP contribution in [0.1, 0.15) is 15.9 Å². The summed E-state index contributed by atoms with van der Waals surface area (Å²) in [6.45, 7) is 0. The monoisotopic (exact) mass is 340 g/mol. The van der Waals surface area contributed by atoms with Gasteiger partial charge in [-0.1, -0.05) is 24.4 Å². The van der Waals surface area contributed by atoms with Gasteiger partial charge in [0, 0.05) is 10.9 Å². The summed E-state index contributed by atoms with van der Waals surface area (Å²) in [4.78, 5) is 12.3. The number of para-hydroxylation sites is 1. The molecule has 3 N–H and O–H groups in total. The summed E-state index contributed by atoms with van der Waals surface area (Å²) < 4.78 is 0.912. The summed E-state index contributed by atoms with van der Waals surface area (Å²) in [6.07, 6.45) is 0. The van der Waals surface area contributed by atoms with Crippen molar-refractivity contribution in [3.63, 3.8) is 0 Å². The van der Waals surface area contributed by atoms with E-state index in [-0.39, 0.29) is 10.9 Å². The minimum atomic E-state index is -0.180. The summed E-state index contributed by atoms with van der Waals surface area (Å²) in [7, 11) is 0. The van der Waals surface area contributed by atoms with Gasteiger partial charge in [0.15, 0.2) is 0 Å². The van der Waals surface area contributed by atoms with Crippen LogP contribution in [0.5, 0.6) is 0 Å². The molecular weight excluding hydrogens is 332 g/mol. The number of hydrogen-bond acceptors (Lipinski definition) is 3. The quantitative estimate of drug-likeness (QED) is 0.842. The van der Waals surface area contributed by atoms with Crippen LogP contribution in [-0.4, -0.2) is 10.9 Å². The smallest absolute Gasteiger partial charge is 0.256 e. The maximum absolute atomic E-state index is 12.0. The molecule has 1 aromatic heterocycles. The molecule has 0 aliphatic rings. The maximum atomic E-state index is 12.0. The first kappa shape index (κ1) is 13.2. The highest BCUT2D eigenvalue weighted by Gasteiger charge is 2.11. The molecule has 0 saturated carbocycles. The van der Waals surface area contributed by atoms with E-state index in [4.69, 9.17) is 18.0 Å². The van der Waals surface area contributed by atoms with E-state index in [1.165, 1.54) is 11.3 Å². The third-order valence-electron chi connectivity index (χ3n) is 2.27. The minimum absolute atomic E-state index is 0.180. The van der Waals surface area contributed by atoms with Crippen LogP contribution in [0.15, 0.2) is 39.5 Å². The van der Waals surface area contributed by atoms with Gasteiger partial charge < -0.3 is 11.1 Å². The van der Waals surface area contributed by atoms with Crippen LogP contribution in [0.4, 0.5) is 5.69 Å². The van der Waals surface area contributed by atoms with Crippen LogP contribution in [-0.2, 0) is 0 Å². The summed E-state index contributed by atoms with van der Waals surface area (Å²) in [6, 6.07) is 8.96. The first-order chi connectivity index (χ1) is 8.58. The van der Waals surface area contributed by atoms with Crippen LogP contribution in [0.2, 0.25) is 0 Å². The molecule has 0 fully saturated rings. The van der Waals surface area contributed by atoms with Crippen molar-refractivity contribution < 1.29 is 4.79 Å². The number of nitrogens with two attached hydrogens (primary N) is 1. The molecule has 0 saturated heterocycles. The number of anilines is 1. The second-order valence-corrected chi connectivity index (χ2v) is 6.23. The van der Waals surface area contributed by atoms with Crippen LogP contribution < -0.4 is 11.1 Å². The Balaban J connectivity index is 2.24. The van der Waals surface area contributed by atoms with Crippen LogP contribution in [0, 0.1) is 0 Å². The molecule has 92 valence electrons. The van der Waals surface area contributed by atoms with Gasteiger partial charge >= 0.3 is 0 Å². The van der Waals surface area contributed by atoms with Gasteiger partial charge in [0.1, 0.15) is 4.99 Å². The number of thiocarbonyl (C=S) groups is 1. The van der Waals surface area contributed by atoms with E-state index >= 15 is 0 Å². The lowest BCUT2D eigenvalue weighted by Crippen LogP contribution is -2.17. The lowest BCUT2D eigenvalue weighted by Gasteiger charge is -2.08. The van der Waals surface area contributed by atoms with Gasteiger partial charge in [0.2, 0.25) is 0 Å². The fourth-order valence-electron chi connectivity index (χ4n) is 1.43. The molecule has 2 aromatic rings. The van der Waals surface area contributed by atoms with Gasteiger partial charge in [-0.25, -0.2) is 0 Å². The Kier molecular flexibility index (Phi) is 4.11. The van der Waals surface area contributed by atoms with Crippen molar-refractivity contribution in [2.24, 2.45) is 5.73 Å². The normalized spacial score (nSPS) is 10.1. The van der Waals surface area contributed by atoms with Crippen molar-refractivity contribution in [3.05, 3.63) is 50.6 Å². The van der Waals surface area contributed by atoms with E-state index in [9.17, 15) is 4.79 Å². The number of nitrogens with one attached hydrogen (secondary N) is 1.